The zero-order valence-electron chi connectivity index (χ0n) is 15.0. The topological polar surface area (TPSA) is 46.5 Å². The largest absolute Gasteiger partial charge is 0.461 e. The summed E-state index contributed by atoms with van der Waals surface area (Å²) in [4.78, 5) is 11.6. The number of esters is 1. The Balaban J connectivity index is 1.64. The van der Waals surface area contributed by atoms with Crippen LogP contribution >= 0.6 is 15.9 Å². The molecule has 0 radical (unpaired) electrons. The minimum atomic E-state index is -0.411. The van der Waals surface area contributed by atoms with E-state index in [0.29, 0.717) is 12.8 Å². The summed E-state index contributed by atoms with van der Waals surface area (Å²) in [6, 6.07) is 8.13. The van der Waals surface area contributed by atoms with Gasteiger partial charge in [0.25, 0.3) is 0 Å². The molecule has 0 bridgehead atoms. The Labute approximate surface area is 159 Å². The summed E-state index contributed by atoms with van der Waals surface area (Å²) in [5, 5.41) is 10.2. The van der Waals surface area contributed by atoms with Crippen molar-refractivity contribution in [2.24, 2.45) is 5.92 Å². The van der Waals surface area contributed by atoms with Crippen molar-refractivity contribution in [1.29, 1.82) is 0 Å². The number of allylic oxidation sites excluding steroid dienone is 1. The SMILES string of the molecule is CCCCCC[C@@H]1C(=O)O[C@H]1CC(O)CC/C=C/c1ccc(Br)cc1. The molecule has 3 atom stereocenters. The van der Waals surface area contributed by atoms with Gasteiger partial charge in [-0.05, 0) is 37.0 Å². The molecule has 1 aliphatic heterocycles. The average Bonchev–Trinajstić information content (AvgIpc) is 2.59. The molecule has 3 nitrogen and oxygen atoms in total. The zero-order chi connectivity index (χ0) is 18.1. The highest BCUT2D eigenvalue weighted by molar-refractivity contribution is 9.10. The molecule has 0 saturated carbocycles. The first-order valence-electron chi connectivity index (χ1n) is 9.40. The van der Waals surface area contributed by atoms with Crippen LogP contribution in [0.2, 0.25) is 0 Å². The third-order valence-electron chi connectivity index (χ3n) is 4.74. The van der Waals surface area contributed by atoms with E-state index in [4.69, 9.17) is 4.74 Å². The standard InChI is InChI=1S/C21H29BrO3/c1-2-3-4-5-10-19-20(25-21(19)24)15-18(23)9-7-6-8-16-11-13-17(22)14-12-16/h6,8,11-14,18-20,23H,2-5,7,9-10,15H2,1H3/b8-6+/t18?,19-,20-/m0/s1. The molecule has 1 saturated heterocycles. The lowest BCUT2D eigenvalue weighted by Crippen LogP contribution is -2.46. The van der Waals surface area contributed by atoms with Crippen molar-refractivity contribution in [3.63, 3.8) is 0 Å². The van der Waals surface area contributed by atoms with Crippen molar-refractivity contribution in [2.45, 2.75) is 70.5 Å². The number of carbonyl (C=O) groups is 1. The van der Waals surface area contributed by atoms with Crippen LogP contribution in [0.4, 0.5) is 0 Å². The first-order chi connectivity index (χ1) is 12.1. The highest BCUT2D eigenvalue weighted by atomic mass is 79.9. The van der Waals surface area contributed by atoms with E-state index < -0.39 is 6.10 Å². The quantitative estimate of drug-likeness (QED) is 0.388. The zero-order valence-corrected chi connectivity index (χ0v) is 16.6. The summed E-state index contributed by atoms with van der Waals surface area (Å²) in [6.45, 7) is 2.18. The van der Waals surface area contributed by atoms with Crippen LogP contribution in [0.25, 0.3) is 6.08 Å². The lowest BCUT2D eigenvalue weighted by molar-refractivity contribution is -0.188. The smallest absolute Gasteiger partial charge is 0.313 e. The van der Waals surface area contributed by atoms with Gasteiger partial charge in [0.15, 0.2) is 0 Å². The van der Waals surface area contributed by atoms with E-state index in [1.807, 2.05) is 24.3 Å². The number of cyclic esters (lactones) is 1. The Morgan fingerprint density at radius 1 is 1.24 bits per heavy atom. The lowest BCUT2D eigenvalue weighted by atomic mass is 9.87. The number of carbonyl (C=O) groups excluding carboxylic acids is 1. The van der Waals surface area contributed by atoms with Gasteiger partial charge >= 0.3 is 5.97 Å². The number of halogens is 1. The predicted molar refractivity (Wildman–Crippen MR) is 105 cm³/mol. The summed E-state index contributed by atoms with van der Waals surface area (Å²) < 4.78 is 6.31. The number of aliphatic hydroxyl groups is 1. The van der Waals surface area contributed by atoms with E-state index in [2.05, 4.69) is 35.0 Å². The van der Waals surface area contributed by atoms with Gasteiger partial charge in [-0.3, -0.25) is 4.79 Å². The highest BCUT2D eigenvalue weighted by Gasteiger charge is 2.42. The van der Waals surface area contributed by atoms with E-state index in [1.165, 1.54) is 19.3 Å². The molecule has 1 aliphatic rings. The molecule has 0 amide bonds. The second kappa shape index (κ2) is 10.8. The molecule has 1 fully saturated rings. The average molecular weight is 409 g/mol. The molecule has 138 valence electrons. The van der Waals surface area contributed by atoms with Crippen molar-refractivity contribution in [2.75, 3.05) is 0 Å². The fraction of sp³-hybridized carbons (Fsp3) is 0.571. The third kappa shape index (κ3) is 6.95. The summed E-state index contributed by atoms with van der Waals surface area (Å²) >= 11 is 3.42. The maximum absolute atomic E-state index is 11.6. The van der Waals surface area contributed by atoms with Gasteiger partial charge in [0.05, 0.1) is 12.0 Å². The van der Waals surface area contributed by atoms with E-state index in [9.17, 15) is 9.90 Å². The van der Waals surface area contributed by atoms with Crippen molar-refractivity contribution < 1.29 is 14.6 Å². The van der Waals surface area contributed by atoms with Gasteiger partial charge in [0, 0.05) is 10.9 Å². The molecular weight excluding hydrogens is 380 g/mol. The lowest BCUT2D eigenvalue weighted by Gasteiger charge is -2.36. The Morgan fingerprint density at radius 2 is 2.00 bits per heavy atom. The van der Waals surface area contributed by atoms with Crippen LogP contribution < -0.4 is 0 Å². The fourth-order valence-corrected chi connectivity index (χ4v) is 3.44. The number of benzene rings is 1. The third-order valence-corrected chi connectivity index (χ3v) is 5.27. The van der Waals surface area contributed by atoms with Crippen molar-refractivity contribution in [3.8, 4) is 0 Å². The Morgan fingerprint density at radius 3 is 2.68 bits per heavy atom. The first kappa shape index (κ1) is 20.2. The van der Waals surface area contributed by atoms with Crippen LogP contribution in [0.5, 0.6) is 0 Å². The molecular formula is C21H29BrO3. The number of aliphatic hydroxyl groups excluding tert-OH is 1. The predicted octanol–water partition coefficient (Wildman–Crippen LogP) is 5.51. The molecule has 0 aromatic heterocycles. The monoisotopic (exact) mass is 408 g/mol. The van der Waals surface area contributed by atoms with Gasteiger partial charge in [0.2, 0.25) is 0 Å². The van der Waals surface area contributed by atoms with Crippen LogP contribution in [-0.2, 0) is 9.53 Å². The molecule has 1 heterocycles. The summed E-state index contributed by atoms with van der Waals surface area (Å²) in [5.41, 5.74) is 1.15. The molecule has 4 heteroatoms. The molecule has 1 aromatic rings. The minimum Gasteiger partial charge on any atom is -0.461 e. The normalized spacial score (nSPS) is 21.2. The number of hydrogen-bond donors (Lipinski definition) is 1. The summed E-state index contributed by atoms with van der Waals surface area (Å²) in [6.07, 6.45) is 11.3. The molecule has 1 unspecified atom stereocenters. The van der Waals surface area contributed by atoms with Gasteiger partial charge in [-0.15, -0.1) is 0 Å². The van der Waals surface area contributed by atoms with Crippen molar-refractivity contribution >= 4 is 28.0 Å². The Hall–Kier alpha value is -1.13. The minimum absolute atomic E-state index is 0.00446. The number of rotatable bonds is 11. The van der Waals surface area contributed by atoms with Crippen LogP contribution in [0.3, 0.4) is 0 Å². The molecule has 0 aliphatic carbocycles. The van der Waals surface area contributed by atoms with Crippen LogP contribution in [-0.4, -0.2) is 23.3 Å². The fourth-order valence-electron chi connectivity index (χ4n) is 3.17. The number of unbranched alkanes of at least 4 members (excludes halogenated alkanes) is 3. The van der Waals surface area contributed by atoms with Gasteiger partial charge in [-0.25, -0.2) is 0 Å². The second-order valence-corrected chi connectivity index (χ2v) is 7.77. The van der Waals surface area contributed by atoms with Gasteiger partial charge in [-0.1, -0.05) is 72.8 Å². The molecule has 2 rings (SSSR count). The molecule has 1 aromatic carbocycles. The van der Waals surface area contributed by atoms with Gasteiger partial charge < -0.3 is 9.84 Å². The summed E-state index contributed by atoms with van der Waals surface area (Å²) in [7, 11) is 0. The summed E-state index contributed by atoms with van der Waals surface area (Å²) in [5.74, 6) is -0.0753. The van der Waals surface area contributed by atoms with Crippen LogP contribution in [0.15, 0.2) is 34.8 Å². The van der Waals surface area contributed by atoms with Crippen LogP contribution in [0, 0.1) is 5.92 Å². The van der Waals surface area contributed by atoms with Gasteiger partial charge in [0.1, 0.15) is 6.10 Å². The number of ether oxygens (including phenoxy) is 1. The van der Waals surface area contributed by atoms with Gasteiger partial charge in [-0.2, -0.15) is 0 Å². The molecule has 0 spiro atoms. The molecule has 25 heavy (non-hydrogen) atoms. The first-order valence-corrected chi connectivity index (χ1v) is 10.2. The maximum atomic E-state index is 11.6. The van der Waals surface area contributed by atoms with E-state index in [1.54, 1.807) is 0 Å². The van der Waals surface area contributed by atoms with Crippen LogP contribution in [0.1, 0.15) is 63.9 Å². The van der Waals surface area contributed by atoms with Crippen molar-refractivity contribution in [3.05, 3.63) is 40.4 Å². The Bertz CT molecular complexity index is 553. The number of hydrogen-bond acceptors (Lipinski definition) is 3. The molecule has 1 N–H and O–H groups in total. The van der Waals surface area contributed by atoms with E-state index >= 15 is 0 Å². The maximum Gasteiger partial charge on any atom is 0.313 e. The second-order valence-electron chi connectivity index (χ2n) is 6.85. The Kier molecular flexibility index (Phi) is 8.70. The van der Waals surface area contributed by atoms with E-state index in [0.717, 1.165) is 29.3 Å². The highest BCUT2D eigenvalue weighted by Crippen LogP contribution is 2.31. The van der Waals surface area contributed by atoms with Crippen molar-refractivity contribution in [1.82, 2.24) is 0 Å². The van der Waals surface area contributed by atoms with E-state index in [-0.39, 0.29) is 18.0 Å².